The van der Waals surface area contributed by atoms with Crippen molar-refractivity contribution in [2.24, 2.45) is 5.41 Å². The number of hydrogen-bond acceptors (Lipinski definition) is 7. The Labute approximate surface area is 146 Å². The van der Waals surface area contributed by atoms with Crippen LogP contribution in [0.5, 0.6) is 5.88 Å². The predicted octanol–water partition coefficient (Wildman–Crippen LogP) is 3.75. The van der Waals surface area contributed by atoms with Gasteiger partial charge in [-0.25, -0.2) is 9.78 Å². The van der Waals surface area contributed by atoms with E-state index in [1.165, 1.54) is 11.3 Å². The molecule has 132 valence electrons. The van der Waals surface area contributed by atoms with Gasteiger partial charge in [-0.1, -0.05) is 20.8 Å². The van der Waals surface area contributed by atoms with Crippen molar-refractivity contribution in [3.63, 3.8) is 0 Å². The zero-order chi connectivity index (χ0) is 17.9. The normalized spacial score (nSPS) is 11.8. The third kappa shape index (κ3) is 4.21. The third-order valence-electron chi connectivity index (χ3n) is 3.54. The summed E-state index contributed by atoms with van der Waals surface area (Å²) in [5, 5.41) is 0.755. The van der Waals surface area contributed by atoms with E-state index in [1.807, 2.05) is 6.92 Å². The van der Waals surface area contributed by atoms with E-state index in [9.17, 15) is 4.79 Å². The van der Waals surface area contributed by atoms with Gasteiger partial charge in [-0.15, -0.1) is 11.3 Å². The Morgan fingerprint density at radius 2 is 1.92 bits per heavy atom. The number of fused-ring (bicyclic) bond motifs is 1. The molecular formula is C17H24N2O4S. The minimum Gasteiger partial charge on any atom is -0.480 e. The highest BCUT2D eigenvalue weighted by Crippen LogP contribution is 2.35. The van der Waals surface area contributed by atoms with Crippen molar-refractivity contribution < 1.29 is 19.0 Å². The Balaban J connectivity index is 2.31. The highest BCUT2D eigenvalue weighted by atomic mass is 32.1. The average molecular weight is 352 g/mol. The topological polar surface area (TPSA) is 70.5 Å². The van der Waals surface area contributed by atoms with Gasteiger partial charge in [0.2, 0.25) is 5.88 Å². The molecule has 0 amide bonds. The molecule has 0 N–H and O–H groups in total. The molecular weight excluding hydrogens is 328 g/mol. The molecule has 0 aromatic carbocycles. The number of aromatic nitrogens is 2. The van der Waals surface area contributed by atoms with Crippen LogP contribution in [-0.2, 0) is 16.1 Å². The quantitative estimate of drug-likeness (QED) is 0.738. The maximum atomic E-state index is 12.4. The molecule has 2 aromatic rings. The van der Waals surface area contributed by atoms with Crippen LogP contribution in [0, 0.1) is 12.3 Å². The summed E-state index contributed by atoms with van der Waals surface area (Å²) in [6.45, 7) is 8.89. The SMILES string of the molecule is COCc1nc(OC)c2c(C)c(C(=O)OCCC(C)(C)C)sc2n1. The lowest BCUT2D eigenvalue weighted by Crippen LogP contribution is -2.13. The van der Waals surface area contributed by atoms with Crippen LogP contribution >= 0.6 is 11.3 Å². The molecule has 0 radical (unpaired) electrons. The molecule has 2 rings (SSSR count). The van der Waals surface area contributed by atoms with Gasteiger partial charge in [0.05, 0.1) is 19.1 Å². The van der Waals surface area contributed by atoms with Crippen LogP contribution in [0.2, 0.25) is 0 Å². The Hall–Kier alpha value is -1.73. The van der Waals surface area contributed by atoms with Crippen molar-refractivity contribution in [1.82, 2.24) is 9.97 Å². The van der Waals surface area contributed by atoms with Crippen molar-refractivity contribution in [3.05, 3.63) is 16.3 Å². The van der Waals surface area contributed by atoms with Crippen molar-refractivity contribution in [3.8, 4) is 5.88 Å². The third-order valence-corrected chi connectivity index (χ3v) is 4.71. The Morgan fingerprint density at radius 3 is 2.50 bits per heavy atom. The van der Waals surface area contributed by atoms with Gasteiger partial charge in [0, 0.05) is 7.11 Å². The van der Waals surface area contributed by atoms with Gasteiger partial charge in [-0.2, -0.15) is 4.98 Å². The lowest BCUT2D eigenvalue weighted by molar-refractivity contribution is 0.0470. The number of thiophene rings is 1. The van der Waals surface area contributed by atoms with Crippen LogP contribution in [0.4, 0.5) is 0 Å². The number of methoxy groups -OCH3 is 2. The van der Waals surface area contributed by atoms with E-state index < -0.39 is 0 Å². The monoisotopic (exact) mass is 352 g/mol. The summed E-state index contributed by atoms with van der Waals surface area (Å²) in [6, 6.07) is 0. The van der Waals surface area contributed by atoms with E-state index in [4.69, 9.17) is 14.2 Å². The molecule has 0 unspecified atom stereocenters. The first kappa shape index (κ1) is 18.6. The number of carbonyl (C=O) groups is 1. The fourth-order valence-corrected chi connectivity index (χ4v) is 3.28. The maximum absolute atomic E-state index is 12.4. The van der Waals surface area contributed by atoms with Gasteiger partial charge < -0.3 is 14.2 Å². The van der Waals surface area contributed by atoms with Gasteiger partial charge in [0.25, 0.3) is 0 Å². The number of ether oxygens (including phenoxy) is 3. The Kier molecular flexibility index (Phi) is 5.77. The molecule has 2 heterocycles. The van der Waals surface area contributed by atoms with Gasteiger partial charge in [0.1, 0.15) is 16.3 Å². The summed E-state index contributed by atoms with van der Waals surface area (Å²) in [6.07, 6.45) is 0.809. The number of aryl methyl sites for hydroxylation is 1. The second-order valence-electron chi connectivity index (χ2n) is 6.77. The molecule has 0 saturated carbocycles. The summed E-state index contributed by atoms with van der Waals surface area (Å²) >= 11 is 1.30. The van der Waals surface area contributed by atoms with Gasteiger partial charge in [-0.3, -0.25) is 0 Å². The standard InChI is InChI=1S/C17H24N2O4S/c1-10-12-14(22-6)18-11(9-21-5)19-15(12)24-13(10)16(20)23-8-7-17(2,3)4/h7-9H2,1-6H3. The van der Waals surface area contributed by atoms with Gasteiger partial charge in [0.15, 0.2) is 5.82 Å². The molecule has 0 bridgehead atoms. The van der Waals surface area contributed by atoms with Crippen LogP contribution in [-0.4, -0.2) is 36.8 Å². The molecule has 2 aromatic heterocycles. The molecule has 24 heavy (non-hydrogen) atoms. The van der Waals surface area contributed by atoms with Crippen LogP contribution < -0.4 is 4.74 Å². The summed E-state index contributed by atoms with van der Waals surface area (Å²) in [7, 11) is 3.13. The van der Waals surface area contributed by atoms with Gasteiger partial charge >= 0.3 is 5.97 Å². The Morgan fingerprint density at radius 1 is 1.21 bits per heavy atom. The lowest BCUT2D eigenvalue weighted by Gasteiger charge is -2.17. The average Bonchev–Trinajstić information content (AvgIpc) is 2.82. The first-order valence-corrected chi connectivity index (χ1v) is 8.58. The van der Waals surface area contributed by atoms with E-state index in [1.54, 1.807) is 14.2 Å². The maximum Gasteiger partial charge on any atom is 0.348 e. The predicted molar refractivity (Wildman–Crippen MR) is 93.8 cm³/mol. The van der Waals surface area contributed by atoms with Crippen LogP contribution in [0.25, 0.3) is 10.2 Å². The Bertz CT molecular complexity index is 734. The van der Waals surface area contributed by atoms with E-state index in [0.29, 0.717) is 28.0 Å². The molecule has 7 heteroatoms. The van der Waals surface area contributed by atoms with E-state index in [0.717, 1.165) is 17.4 Å². The number of carbonyl (C=O) groups excluding carboxylic acids is 1. The number of rotatable bonds is 6. The number of nitrogens with zero attached hydrogens (tertiary/aromatic N) is 2. The largest absolute Gasteiger partial charge is 0.480 e. The highest BCUT2D eigenvalue weighted by molar-refractivity contribution is 7.20. The van der Waals surface area contributed by atoms with Crippen molar-refractivity contribution >= 4 is 27.5 Å². The van der Waals surface area contributed by atoms with Crippen molar-refractivity contribution in [2.45, 2.75) is 40.7 Å². The molecule has 0 fully saturated rings. The molecule has 0 atom stereocenters. The second-order valence-corrected chi connectivity index (χ2v) is 7.76. The second kappa shape index (κ2) is 7.44. The molecule has 0 aliphatic carbocycles. The van der Waals surface area contributed by atoms with Crippen LogP contribution in [0.3, 0.4) is 0 Å². The fourth-order valence-electron chi connectivity index (χ4n) is 2.20. The fraction of sp³-hybridized carbons (Fsp3) is 0.588. The lowest BCUT2D eigenvalue weighted by atomic mass is 9.93. The summed E-state index contributed by atoms with van der Waals surface area (Å²) in [5.74, 6) is 0.653. The first-order valence-electron chi connectivity index (χ1n) is 7.77. The zero-order valence-electron chi connectivity index (χ0n) is 15.1. The van der Waals surface area contributed by atoms with Crippen molar-refractivity contribution in [1.29, 1.82) is 0 Å². The van der Waals surface area contributed by atoms with Crippen molar-refractivity contribution in [2.75, 3.05) is 20.8 Å². The summed E-state index contributed by atoms with van der Waals surface area (Å²) in [5.41, 5.74) is 0.913. The van der Waals surface area contributed by atoms with E-state index in [2.05, 4.69) is 30.7 Å². The summed E-state index contributed by atoms with van der Waals surface area (Å²) < 4.78 is 15.9. The van der Waals surface area contributed by atoms with Crippen LogP contribution in [0.15, 0.2) is 0 Å². The first-order chi connectivity index (χ1) is 11.3. The highest BCUT2D eigenvalue weighted by Gasteiger charge is 2.22. The van der Waals surface area contributed by atoms with E-state index in [-0.39, 0.29) is 18.0 Å². The molecule has 0 aliphatic heterocycles. The molecule has 0 aliphatic rings. The minimum absolute atomic E-state index is 0.124. The molecule has 0 saturated heterocycles. The molecule has 6 nitrogen and oxygen atoms in total. The summed E-state index contributed by atoms with van der Waals surface area (Å²) in [4.78, 5) is 22.4. The van der Waals surface area contributed by atoms with Gasteiger partial charge in [-0.05, 0) is 24.3 Å². The minimum atomic E-state index is -0.324. The zero-order valence-corrected chi connectivity index (χ0v) is 15.9. The van der Waals surface area contributed by atoms with E-state index >= 15 is 0 Å². The molecule has 0 spiro atoms. The smallest absolute Gasteiger partial charge is 0.348 e. The van der Waals surface area contributed by atoms with Crippen LogP contribution in [0.1, 0.15) is 48.3 Å². The number of esters is 1. The number of hydrogen-bond donors (Lipinski definition) is 0.